The summed E-state index contributed by atoms with van der Waals surface area (Å²) in [4.78, 5) is 12.5. The van der Waals surface area contributed by atoms with Gasteiger partial charge in [0.1, 0.15) is 5.75 Å². The lowest BCUT2D eigenvalue weighted by atomic mass is 9.99. The molecule has 0 radical (unpaired) electrons. The van der Waals surface area contributed by atoms with Gasteiger partial charge in [0, 0.05) is 5.02 Å². The van der Waals surface area contributed by atoms with Crippen LogP contribution in [0, 0.1) is 0 Å². The molecule has 2 rings (SSSR count). The van der Waals surface area contributed by atoms with E-state index in [0.717, 1.165) is 24.8 Å². The Morgan fingerprint density at radius 1 is 1.28 bits per heavy atom. The van der Waals surface area contributed by atoms with Crippen molar-refractivity contribution in [3.05, 3.63) is 40.4 Å². The van der Waals surface area contributed by atoms with Crippen LogP contribution in [0.2, 0.25) is 5.02 Å². The second-order valence-corrected chi connectivity index (χ2v) is 4.94. The Hall–Kier alpha value is -1.28. The van der Waals surface area contributed by atoms with Crippen molar-refractivity contribution in [3.63, 3.8) is 0 Å². The monoisotopic (exact) mass is 264 g/mol. The van der Waals surface area contributed by atoms with Crippen LogP contribution in [-0.2, 0) is 0 Å². The Morgan fingerprint density at radius 2 is 2.11 bits per heavy atom. The Labute approximate surface area is 113 Å². The third-order valence-corrected chi connectivity index (χ3v) is 3.47. The molecule has 0 heterocycles. The first-order valence-electron chi connectivity index (χ1n) is 6.29. The molecule has 1 aromatic rings. The van der Waals surface area contributed by atoms with Crippen molar-refractivity contribution in [2.24, 2.45) is 0 Å². The maximum Gasteiger partial charge on any atom is 0.192 e. The molecule has 0 amide bonds. The fourth-order valence-corrected chi connectivity index (χ4v) is 2.42. The van der Waals surface area contributed by atoms with E-state index in [0.29, 0.717) is 16.3 Å². The number of methoxy groups -OCH3 is 1. The molecule has 2 nitrogen and oxygen atoms in total. The summed E-state index contributed by atoms with van der Waals surface area (Å²) in [6.07, 6.45) is 7.36. The standard InChI is InChI=1S/C15H17ClO2/c1-18-14-9-8-12(16)10-13(14)15(17)11-6-4-2-3-5-7-11/h6,8-10H,2-5,7H2,1H3. The Balaban J connectivity index is 2.32. The third kappa shape index (κ3) is 2.94. The molecule has 0 N–H and O–H groups in total. The summed E-state index contributed by atoms with van der Waals surface area (Å²) in [5.74, 6) is 0.644. The van der Waals surface area contributed by atoms with Crippen molar-refractivity contribution in [1.29, 1.82) is 0 Å². The lowest BCUT2D eigenvalue weighted by Gasteiger charge is -2.10. The summed E-state index contributed by atoms with van der Waals surface area (Å²) < 4.78 is 5.24. The summed E-state index contributed by atoms with van der Waals surface area (Å²) in [6, 6.07) is 5.17. The first-order valence-corrected chi connectivity index (χ1v) is 6.67. The highest BCUT2D eigenvalue weighted by Crippen LogP contribution is 2.28. The second-order valence-electron chi connectivity index (χ2n) is 4.50. The van der Waals surface area contributed by atoms with Gasteiger partial charge in [-0.25, -0.2) is 0 Å². The molecular weight excluding hydrogens is 248 g/mol. The van der Waals surface area contributed by atoms with E-state index in [1.54, 1.807) is 25.3 Å². The zero-order chi connectivity index (χ0) is 13.0. The van der Waals surface area contributed by atoms with Gasteiger partial charge in [-0.05, 0) is 49.5 Å². The molecule has 0 saturated heterocycles. The molecular formula is C15H17ClO2. The van der Waals surface area contributed by atoms with E-state index in [-0.39, 0.29) is 5.78 Å². The van der Waals surface area contributed by atoms with Crippen molar-refractivity contribution in [1.82, 2.24) is 0 Å². The fraction of sp³-hybridized carbons (Fsp3) is 0.400. The number of carbonyl (C=O) groups is 1. The van der Waals surface area contributed by atoms with E-state index in [9.17, 15) is 4.79 Å². The summed E-state index contributed by atoms with van der Waals surface area (Å²) in [5, 5.41) is 0.563. The molecule has 3 heteroatoms. The van der Waals surface area contributed by atoms with E-state index >= 15 is 0 Å². The minimum absolute atomic E-state index is 0.0521. The molecule has 1 aliphatic carbocycles. The Morgan fingerprint density at radius 3 is 2.89 bits per heavy atom. The van der Waals surface area contributed by atoms with Crippen molar-refractivity contribution in [3.8, 4) is 5.75 Å². The number of hydrogen-bond acceptors (Lipinski definition) is 2. The normalized spacial score (nSPS) is 15.8. The smallest absolute Gasteiger partial charge is 0.192 e. The highest BCUT2D eigenvalue weighted by atomic mass is 35.5. The average Bonchev–Trinajstić information content (AvgIpc) is 2.66. The lowest BCUT2D eigenvalue weighted by Crippen LogP contribution is -2.05. The van der Waals surface area contributed by atoms with Crippen molar-refractivity contribution in [2.75, 3.05) is 7.11 Å². The summed E-state index contributed by atoms with van der Waals surface area (Å²) >= 11 is 5.96. The van der Waals surface area contributed by atoms with Crippen LogP contribution in [0.1, 0.15) is 42.5 Å². The molecule has 0 aliphatic heterocycles. The molecule has 0 saturated carbocycles. The number of allylic oxidation sites excluding steroid dienone is 2. The topological polar surface area (TPSA) is 26.3 Å². The molecule has 0 bridgehead atoms. The van der Waals surface area contributed by atoms with Gasteiger partial charge < -0.3 is 4.74 Å². The molecule has 0 unspecified atom stereocenters. The first-order chi connectivity index (χ1) is 8.72. The molecule has 0 spiro atoms. The minimum Gasteiger partial charge on any atom is -0.496 e. The van der Waals surface area contributed by atoms with Crippen LogP contribution < -0.4 is 4.74 Å². The predicted molar refractivity (Wildman–Crippen MR) is 73.5 cm³/mol. The van der Waals surface area contributed by atoms with Crippen LogP contribution in [0.5, 0.6) is 5.75 Å². The quantitative estimate of drug-likeness (QED) is 0.756. The van der Waals surface area contributed by atoms with Crippen LogP contribution in [0.15, 0.2) is 29.8 Å². The second kappa shape index (κ2) is 6.05. The van der Waals surface area contributed by atoms with Crippen molar-refractivity contribution in [2.45, 2.75) is 32.1 Å². The minimum atomic E-state index is 0.0521. The average molecular weight is 265 g/mol. The summed E-state index contributed by atoms with van der Waals surface area (Å²) in [6.45, 7) is 0. The van der Waals surface area contributed by atoms with E-state index < -0.39 is 0 Å². The number of carbonyl (C=O) groups excluding carboxylic acids is 1. The van der Waals surface area contributed by atoms with Gasteiger partial charge in [-0.2, -0.15) is 0 Å². The van der Waals surface area contributed by atoms with E-state index in [4.69, 9.17) is 16.3 Å². The number of Topliss-reactive ketones (excluding diaryl/α,β-unsaturated/α-hetero) is 1. The van der Waals surface area contributed by atoms with Gasteiger partial charge in [0.15, 0.2) is 5.78 Å². The van der Waals surface area contributed by atoms with Gasteiger partial charge in [0.25, 0.3) is 0 Å². The molecule has 1 aromatic carbocycles. The van der Waals surface area contributed by atoms with Gasteiger partial charge in [-0.15, -0.1) is 0 Å². The van der Waals surface area contributed by atoms with E-state index in [1.807, 2.05) is 0 Å². The Bertz CT molecular complexity index is 477. The number of ketones is 1. The molecule has 1 aliphatic rings. The third-order valence-electron chi connectivity index (χ3n) is 3.24. The van der Waals surface area contributed by atoms with Gasteiger partial charge in [-0.1, -0.05) is 24.1 Å². The van der Waals surface area contributed by atoms with Crippen LogP contribution in [0.4, 0.5) is 0 Å². The van der Waals surface area contributed by atoms with Gasteiger partial charge in [-0.3, -0.25) is 4.79 Å². The molecule has 0 atom stereocenters. The number of halogens is 1. The Kier molecular flexibility index (Phi) is 4.43. The van der Waals surface area contributed by atoms with Gasteiger partial charge in [0.2, 0.25) is 0 Å². The van der Waals surface area contributed by atoms with E-state index in [1.165, 1.54) is 12.8 Å². The maximum atomic E-state index is 12.5. The number of hydrogen-bond donors (Lipinski definition) is 0. The summed E-state index contributed by atoms with van der Waals surface area (Å²) in [7, 11) is 1.57. The number of benzene rings is 1. The maximum absolute atomic E-state index is 12.5. The number of rotatable bonds is 3. The fourth-order valence-electron chi connectivity index (χ4n) is 2.25. The highest BCUT2D eigenvalue weighted by molar-refractivity contribution is 6.31. The molecule has 96 valence electrons. The number of ether oxygens (including phenoxy) is 1. The van der Waals surface area contributed by atoms with Crippen molar-refractivity contribution < 1.29 is 9.53 Å². The van der Waals surface area contributed by atoms with E-state index in [2.05, 4.69) is 6.08 Å². The first kappa shape index (κ1) is 13.2. The highest BCUT2D eigenvalue weighted by Gasteiger charge is 2.18. The zero-order valence-corrected chi connectivity index (χ0v) is 11.3. The zero-order valence-electron chi connectivity index (χ0n) is 10.5. The van der Waals surface area contributed by atoms with Crippen LogP contribution in [-0.4, -0.2) is 12.9 Å². The van der Waals surface area contributed by atoms with Gasteiger partial charge >= 0.3 is 0 Å². The molecule has 0 aromatic heterocycles. The van der Waals surface area contributed by atoms with Crippen molar-refractivity contribution >= 4 is 17.4 Å². The summed E-state index contributed by atoms with van der Waals surface area (Å²) in [5.41, 5.74) is 1.46. The molecule has 0 fully saturated rings. The SMILES string of the molecule is COc1ccc(Cl)cc1C(=O)C1=CCCCCC1. The largest absolute Gasteiger partial charge is 0.496 e. The van der Waals surface area contributed by atoms with Crippen LogP contribution in [0.3, 0.4) is 0 Å². The lowest BCUT2D eigenvalue weighted by molar-refractivity contribution is 0.102. The van der Waals surface area contributed by atoms with Gasteiger partial charge in [0.05, 0.1) is 12.7 Å². The molecule has 18 heavy (non-hydrogen) atoms. The predicted octanol–water partition coefficient (Wildman–Crippen LogP) is 4.42. The van der Waals surface area contributed by atoms with Crippen LogP contribution >= 0.6 is 11.6 Å². The van der Waals surface area contributed by atoms with Crippen LogP contribution in [0.25, 0.3) is 0 Å².